The number of nitrogens with two attached hydrogens (primary N) is 2. The third kappa shape index (κ3) is 3.75. The molecule has 2 aliphatic carbocycles. The summed E-state index contributed by atoms with van der Waals surface area (Å²) >= 11 is 0. The van der Waals surface area contributed by atoms with Crippen LogP contribution in [-0.2, 0) is 11.3 Å². The largest absolute Gasteiger partial charge is 0.352 e. The van der Waals surface area contributed by atoms with Crippen LogP contribution in [0.15, 0.2) is 24.3 Å². The van der Waals surface area contributed by atoms with Gasteiger partial charge in [-0.3, -0.25) is 4.79 Å². The highest BCUT2D eigenvalue weighted by atomic mass is 16.1. The maximum Gasteiger partial charge on any atom is 0.223 e. The average Bonchev–Trinajstić information content (AvgIpc) is 2.52. The van der Waals surface area contributed by atoms with E-state index in [4.69, 9.17) is 11.5 Å². The number of nitrogens with one attached hydrogen (secondary N) is 1. The second kappa shape index (κ2) is 7.02. The Balaban J connectivity index is 1.53. The summed E-state index contributed by atoms with van der Waals surface area (Å²) in [7, 11) is 0. The van der Waals surface area contributed by atoms with Crippen molar-refractivity contribution in [2.24, 2.45) is 29.2 Å². The molecule has 1 aromatic carbocycles. The number of hydrogen-bond donors (Lipinski definition) is 3. The monoisotopic (exact) mass is 315 g/mol. The maximum absolute atomic E-state index is 12.5. The molecule has 0 spiro atoms. The molecule has 2 bridgehead atoms. The molecule has 2 aliphatic rings. The van der Waals surface area contributed by atoms with E-state index in [1.54, 1.807) is 0 Å². The second-order valence-corrected chi connectivity index (χ2v) is 7.44. The summed E-state index contributed by atoms with van der Waals surface area (Å²) in [5.41, 5.74) is 14.4. The molecule has 4 nitrogen and oxygen atoms in total. The Hall–Kier alpha value is -1.39. The molecular formula is C19H29N3O. The third-order valence-corrected chi connectivity index (χ3v) is 5.76. The van der Waals surface area contributed by atoms with Crippen molar-refractivity contribution >= 4 is 5.91 Å². The van der Waals surface area contributed by atoms with E-state index in [9.17, 15) is 4.79 Å². The lowest BCUT2D eigenvalue weighted by molar-refractivity contribution is -0.128. The van der Waals surface area contributed by atoms with E-state index >= 15 is 0 Å². The molecule has 0 heterocycles. The maximum atomic E-state index is 12.5. The fraction of sp³-hybridized carbons (Fsp3) is 0.632. The van der Waals surface area contributed by atoms with Crippen LogP contribution in [0.2, 0.25) is 0 Å². The van der Waals surface area contributed by atoms with Gasteiger partial charge < -0.3 is 16.8 Å². The highest BCUT2D eigenvalue weighted by molar-refractivity contribution is 5.78. The molecule has 3 atom stereocenters. The minimum atomic E-state index is 0.0458. The van der Waals surface area contributed by atoms with Crippen LogP contribution >= 0.6 is 0 Å². The molecule has 1 aromatic rings. The van der Waals surface area contributed by atoms with Gasteiger partial charge in [0.25, 0.3) is 0 Å². The number of rotatable bonds is 4. The summed E-state index contributed by atoms with van der Waals surface area (Å²) in [6, 6.07) is 8.53. The Bertz CT molecular complexity index is 526. The molecule has 5 N–H and O–H groups in total. The standard InChI is InChI=1S/C19H29N3O/c1-12(20)14-7-5-13(6-8-14)11-22-19(23)17-9-15-3-2-4-16(10-17)18(15)21/h5-8,12,15-18H,2-4,9-11,20-21H2,1H3,(H,22,23). The van der Waals surface area contributed by atoms with Gasteiger partial charge in [-0.1, -0.05) is 30.7 Å². The Labute approximate surface area is 139 Å². The van der Waals surface area contributed by atoms with E-state index in [-0.39, 0.29) is 17.9 Å². The molecule has 126 valence electrons. The smallest absolute Gasteiger partial charge is 0.223 e. The molecule has 3 unspecified atom stereocenters. The van der Waals surface area contributed by atoms with Crippen molar-refractivity contribution in [3.8, 4) is 0 Å². The number of fused-ring (bicyclic) bond motifs is 2. The van der Waals surface area contributed by atoms with E-state index < -0.39 is 0 Å². The molecule has 2 saturated carbocycles. The second-order valence-electron chi connectivity index (χ2n) is 7.44. The number of hydrogen-bond acceptors (Lipinski definition) is 3. The molecule has 0 aliphatic heterocycles. The summed E-state index contributed by atoms with van der Waals surface area (Å²) in [5.74, 6) is 1.44. The zero-order chi connectivity index (χ0) is 16.4. The van der Waals surface area contributed by atoms with Crippen LogP contribution in [0.25, 0.3) is 0 Å². The molecule has 0 aromatic heterocycles. The summed E-state index contributed by atoms with van der Waals surface area (Å²) in [4.78, 5) is 12.5. The van der Waals surface area contributed by atoms with Crippen molar-refractivity contribution in [2.75, 3.05) is 0 Å². The number of amides is 1. The molecule has 23 heavy (non-hydrogen) atoms. The summed E-state index contributed by atoms with van der Waals surface area (Å²) in [6.07, 6.45) is 5.60. The predicted octanol–water partition coefficient (Wildman–Crippen LogP) is 2.48. The normalized spacial score (nSPS) is 31.4. The van der Waals surface area contributed by atoms with Crippen molar-refractivity contribution in [3.05, 3.63) is 35.4 Å². The van der Waals surface area contributed by atoms with Gasteiger partial charge in [0.1, 0.15) is 0 Å². The molecule has 0 saturated heterocycles. The van der Waals surface area contributed by atoms with E-state index in [0.29, 0.717) is 24.4 Å². The van der Waals surface area contributed by atoms with Crippen molar-refractivity contribution in [3.63, 3.8) is 0 Å². The average molecular weight is 315 g/mol. The van der Waals surface area contributed by atoms with Crippen LogP contribution in [-0.4, -0.2) is 11.9 Å². The first kappa shape index (κ1) is 16.5. The Morgan fingerprint density at radius 2 is 1.83 bits per heavy atom. The minimum absolute atomic E-state index is 0.0458. The summed E-state index contributed by atoms with van der Waals surface area (Å²) in [5, 5.41) is 3.11. The number of benzene rings is 1. The Kier molecular flexibility index (Phi) is 5.02. The van der Waals surface area contributed by atoms with E-state index in [0.717, 1.165) is 24.0 Å². The molecule has 1 amide bonds. The number of carbonyl (C=O) groups is 1. The van der Waals surface area contributed by atoms with Gasteiger partial charge in [-0.2, -0.15) is 0 Å². The lowest BCUT2D eigenvalue weighted by Crippen LogP contribution is -2.49. The van der Waals surface area contributed by atoms with Crippen molar-refractivity contribution in [2.45, 2.75) is 57.7 Å². The van der Waals surface area contributed by atoms with Crippen LogP contribution in [0.3, 0.4) is 0 Å². The van der Waals surface area contributed by atoms with Crippen LogP contribution in [0.4, 0.5) is 0 Å². The molecule has 0 radical (unpaired) electrons. The van der Waals surface area contributed by atoms with Gasteiger partial charge in [0.2, 0.25) is 5.91 Å². The van der Waals surface area contributed by atoms with Gasteiger partial charge in [-0.25, -0.2) is 0 Å². The van der Waals surface area contributed by atoms with Crippen molar-refractivity contribution in [1.82, 2.24) is 5.32 Å². The lowest BCUT2D eigenvalue weighted by atomic mass is 9.65. The van der Waals surface area contributed by atoms with E-state index in [2.05, 4.69) is 5.32 Å². The molecule has 2 fully saturated rings. The lowest BCUT2D eigenvalue weighted by Gasteiger charge is -2.43. The van der Waals surface area contributed by atoms with Gasteiger partial charge in [0.15, 0.2) is 0 Å². The topological polar surface area (TPSA) is 81.1 Å². The first-order valence-corrected chi connectivity index (χ1v) is 8.92. The van der Waals surface area contributed by atoms with Crippen LogP contribution in [0.5, 0.6) is 0 Å². The van der Waals surface area contributed by atoms with Gasteiger partial charge in [-0.15, -0.1) is 0 Å². The van der Waals surface area contributed by atoms with Crippen LogP contribution < -0.4 is 16.8 Å². The molecule has 3 rings (SSSR count). The predicted molar refractivity (Wildman–Crippen MR) is 92.4 cm³/mol. The highest BCUT2D eigenvalue weighted by Gasteiger charge is 2.40. The zero-order valence-electron chi connectivity index (χ0n) is 14.0. The van der Waals surface area contributed by atoms with E-state index in [1.807, 2.05) is 31.2 Å². The van der Waals surface area contributed by atoms with Gasteiger partial charge in [0.05, 0.1) is 0 Å². The van der Waals surface area contributed by atoms with Crippen molar-refractivity contribution < 1.29 is 4.79 Å². The number of carbonyl (C=O) groups excluding carboxylic acids is 1. The van der Waals surface area contributed by atoms with Crippen molar-refractivity contribution in [1.29, 1.82) is 0 Å². The first-order chi connectivity index (χ1) is 11.0. The quantitative estimate of drug-likeness (QED) is 0.798. The highest BCUT2D eigenvalue weighted by Crippen LogP contribution is 2.41. The van der Waals surface area contributed by atoms with E-state index in [1.165, 1.54) is 19.3 Å². The molecular weight excluding hydrogens is 286 g/mol. The van der Waals surface area contributed by atoms with Gasteiger partial charge in [0, 0.05) is 24.5 Å². The first-order valence-electron chi connectivity index (χ1n) is 8.92. The fourth-order valence-electron chi connectivity index (χ4n) is 4.28. The SMILES string of the molecule is CC(N)c1ccc(CNC(=O)C2CC3CCCC(C2)C3N)cc1. The van der Waals surface area contributed by atoms with Gasteiger partial charge in [-0.05, 0) is 55.6 Å². The van der Waals surface area contributed by atoms with Crippen LogP contribution in [0, 0.1) is 17.8 Å². The summed E-state index contributed by atoms with van der Waals surface area (Å²) < 4.78 is 0. The third-order valence-electron chi connectivity index (χ3n) is 5.76. The fourth-order valence-corrected chi connectivity index (χ4v) is 4.28. The minimum Gasteiger partial charge on any atom is -0.352 e. The zero-order valence-corrected chi connectivity index (χ0v) is 14.0. The Morgan fingerprint density at radius 3 is 2.39 bits per heavy atom. The Morgan fingerprint density at radius 1 is 1.22 bits per heavy atom. The van der Waals surface area contributed by atoms with Crippen LogP contribution in [0.1, 0.15) is 56.2 Å². The van der Waals surface area contributed by atoms with Gasteiger partial charge >= 0.3 is 0 Å². The molecule has 4 heteroatoms. The summed E-state index contributed by atoms with van der Waals surface area (Å²) in [6.45, 7) is 2.57.